The summed E-state index contributed by atoms with van der Waals surface area (Å²) in [6, 6.07) is 0. The van der Waals surface area contributed by atoms with Crippen molar-refractivity contribution in [2.24, 2.45) is 52.3 Å². The SMILES string of the molecule is C[C@H]1CC[C@@]2(OC1)O[C@H]1C[C@H]3[C@@H]4CC[C@H]5C[C@@H](O[C@@H]6O[C@H](CO)[C@@H](O[C@@H]7O[C@@H](C)[C@H](O)[C@@H](O)[C@H]7O)[C@H](O)[C@H]6O[C@@H]6O[C@H](CO)[C@@H](O)[C@H](O)[C@H]6O)[C@H](O)C[C@]5(C)[C@H]4CC[C@]3(C)[C@H]1[C@@H]2C. The lowest BCUT2D eigenvalue weighted by Crippen LogP contribution is -2.67. The Morgan fingerprint density at radius 2 is 1.27 bits per heavy atom. The summed E-state index contributed by atoms with van der Waals surface area (Å²) in [7, 11) is 0. The Hall–Kier alpha value is -0.720. The van der Waals surface area contributed by atoms with E-state index in [-0.39, 0.29) is 22.9 Å². The molecule has 4 saturated carbocycles. The minimum absolute atomic E-state index is 0.143. The molecule has 0 aromatic carbocycles. The first-order chi connectivity index (χ1) is 29.8. The molecule has 28 atom stereocenters. The van der Waals surface area contributed by atoms with Gasteiger partial charge in [0.1, 0.15) is 67.1 Å². The van der Waals surface area contributed by atoms with Gasteiger partial charge >= 0.3 is 0 Å². The molecule has 0 aromatic rings. The zero-order chi connectivity index (χ0) is 45.1. The molecular weight excluding hydrogens is 828 g/mol. The van der Waals surface area contributed by atoms with Gasteiger partial charge in [-0.2, -0.15) is 0 Å². The lowest BCUT2D eigenvalue weighted by molar-refractivity contribution is -0.393. The minimum Gasteiger partial charge on any atom is -0.394 e. The Bertz CT molecular complexity index is 1580. The summed E-state index contributed by atoms with van der Waals surface area (Å²) in [4.78, 5) is 0. The van der Waals surface area contributed by atoms with Crippen molar-refractivity contribution in [3.05, 3.63) is 0 Å². The summed E-state index contributed by atoms with van der Waals surface area (Å²) in [5.41, 5.74) is -0.0386. The lowest BCUT2D eigenvalue weighted by Gasteiger charge is -2.62. The van der Waals surface area contributed by atoms with Crippen LogP contribution in [0.15, 0.2) is 0 Å². The zero-order valence-corrected chi connectivity index (χ0v) is 37.2. The molecule has 5 aliphatic heterocycles. The Balaban J connectivity index is 0.919. The highest BCUT2D eigenvalue weighted by Gasteiger charge is 2.69. The van der Waals surface area contributed by atoms with E-state index in [9.17, 15) is 51.1 Å². The van der Waals surface area contributed by atoms with E-state index in [1.807, 2.05) is 0 Å². The molecule has 18 heteroatoms. The highest BCUT2D eigenvalue weighted by atomic mass is 16.8. The molecule has 0 bridgehead atoms. The Morgan fingerprint density at radius 3 is 1.95 bits per heavy atom. The van der Waals surface area contributed by atoms with Gasteiger partial charge < -0.3 is 89.0 Å². The van der Waals surface area contributed by atoms with Crippen LogP contribution in [0.25, 0.3) is 0 Å². The standard InChI is InChI=1S/C45H74O18/c1-18-8-11-45(56-17-18)19(2)30-27(63-45)13-24-22-7-6-21-12-26(25(48)14-44(21,5)23(22)9-10-43(24,30)4)58-42-39(62-41-36(54)34(52)32(50)28(15-46)59-41)37(55)38(29(16-47)60-42)61-40-35(53)33(51)31(49)20(3)57-40/h18-42,46-55H,6-17H2,1-5H3/t18-,19-,20-,21-,22+,23-,24-,25+,26+,27-,28+,29+,30-,31-,32+,33+,34-,35+,36+,37-,38+,39+,40-,41-,42+,43-,44-,45+/m0/s1. The third kappa shape index (κ3) is 7.79. The second-order valence-electron chi connectivity index (χ2n) is 21.7. The fourth-order valence-electron chi connectivity index (χ4n) is 14.7. The van der Waals surface area contributed by atoms with Gasteiger partial charge in [0.15, 0.2) is 24.7 Å². The van der Waals surface area contributed by atoms with E-state index in [1.54, 1.807) is 0 Å². The van der Waals surface area contributed by atoms with Crippen molar-refractivity contribution < 1.29 is 89.0 Å². The van der Waals surface area contributed by atoms with Crippen LogP contribution < -0.4 is 0 Å². The van der Waals surface area contributed by atoms with Gasteiger partial charge in [-0.25, -0.2) is 0 Å². The van der Waals surface area contributed by atoms with E-state index < -0.39 is 123 Å². The summed E-state index contributed by atoms with van der Waals surface area (Å²) >= 11 is 0. The molecule has 362 valence electrons. The van der Waals surface area contributed by atoms with E-state index in [0.29, 0.717) is 48.3 Å². The average Bonchev–Trinajstić information content (AvgIpc) is 3.70. The Morgan fingerprint density at radius 1 is 0.603 bits per heavy atom. The number of hydrogen-bond donors (Lipinski definition) is 10. The van der Waals surface area contributed by atoms with Crippen molar-refractivity contribution in [1.82, 2.24) is 0 Å². The van der Waals surface area contributed by atoms with Crippen LogP contribution in [0.4, 0.5) is 0 Å². The maximum atomic E-state index is 12.1. The van der Waals surface area contributed by atoms with Crippen molar-refractivity contribution >= 4 is 0 Å². The van der Waals surface area contributed by atoms with Gasteiger partial charge in [0.05, 0.1) is 44.2 Å². The first-order valence-electron chi connectivity index (χ1n) is 23.8. The van der Waals surface area contributed by atoms with Crippen LogP contribution in [0.1, 0.15) is 92.4 Å². The summed E-state index contributed by atoms with van der Waals surface area (Å²) < 4.78 is 49.7. The number of hydrogen-bond acceptors (Lipinski definition) is 18. The monoisotopic (exact) mass is 902 g/mol. The number of ether oxygens (including phenoxy) is 8. The number of aliphatic hydroxyl groups excluding tert-OH is 10. The minimum atomic E-state index is -1.86. The van der Waals surface area contributed by atoms with E-state index in [4.69, 9.17) is 37.9 Å². The van der Waals surface area contributed by atoms with Crippen molar-refractivity contribution in [3.63, 3.8) is 0 Å². The molecule has 9 fully saturated rings. The molecule has 0 unspecified atom stereocenters. The molecule has 4 aliphatic carbocycles. The van der Waals surface area contributed by atoms with Crippen molar-refractivity contribution in [2.45, 2.75) is 209 Å². The molecule has 18 nitrogen and oxygen atoms in total. The lowest BCUT2D eigenvalue weighted by atomic mass is 9.44. The third-order valence-electron chi connectivity index (χ3n) is 18.3. The second kappa shape index (κ2) is 17.7. The second-order valence-corrected chi connectivity index (χ2v) is 21.7. The zero-order valence-electron chi connectivity index (χ0n) is 37.2. The molecule has 0 amide bonds. The maximum absolute atomic E-state index is 12.1. The Labute approximate surface area is 369 Å². The summed E-state index contributed by atoms with van der Waals surface area (Å²) in [6.45, 7) is 10.2. The van der Waals surface area contributed by atoms with Crippen molar-refractivity contribution in [1.29, 1.82) is 0 Å². The van der Waals surface area contributed by atoms with E-state index in [2.05, 4.69) is 27.7 Å². The molecule has 10 N–H and O–H groups in total. The highest BCUT2D eigenvalue weighted by molar-refractivity contribution is 5.16. The van der Waals surface area contributed by atoms with E-state index >= 15 is 0 Å². The number of rotatable bonds is 8. The van der Waals surface area contributed by atoms with Crippen LogP contribution in [0.2, 0.25) is 0 Å². The molecule has 63 heavy (non-hydrogen) atoms. The molecule has 0 aromatic heterocycles. The van der Waals surface area contributed by atoms with Crippen LogP contribution in [0.3, 0.4) is 0 Å². The molecule has 1 spiro atoms. The van der Waals surface area contributed by atoms with Crippen LogP contribution >= 0.6 is 0 Å². The van der Waals surface area contributed by atoms with Gasteiger partial charge in [0.2, 0.25) is 0 Å². The molecule has 9 aliphatic rings. The summed E-state index contributed by atoms with van der Waals surface area (Å²) in [5.74, 6) is 2.42. The van der Waals surface area contributed by atoms with Crippen LogP contribution in [-0.2, 0) is 37.9 Å². The van der Waals surface area contributed by atoms with E-state index in [1.165, 1.54) is 6.92 Å². The van der Waals surface area contributed by atoms with Crippen molar-refractivity contribution in [3.8, 4) is 0 Å². The van der Waals surface area contributed by atoms with Crippen LogP contribution in [-0.4, -0.2) is 187 Å². The smallest absolute Gasteiger partial charge is 0.187 e. The van der Waals surface area contributed by atoms with Crippen molar-refractivity contribution in [2.75, 3.05) is 19.8 Å². The van der Waals surface area contributed by atoms with Gasteiger partial charge in [0, 0.05) is 12.3 Å². The van der Waals surface area contributed by atoms with Gasteiger partial charge in [-0.15, -0.1) is 0 Å². The first kappa shape index (κ1) is 47.4. The molecule has 5 saturated heterocycles. The molecular formula is C45H74O18. The largest absolute Gasteiger partial charge is 0.394 e. The fourth-order valence-corrected chi connectivity index (χ4v) is 14.7. The normalized spacial score (nSPS) is 59.4. The average molecular weight is 903 g/mol. The Kier molecular flexibility index (Phi) is 13.3. The van der Waals surface area contributed by atoms with Crippen LogP contribution in [0, 0.1) is 52.3 Å². The maximum Gasteiger partial charge on any atom is 0.187 e. The molecule has 0 radical (unpaired) electrons. The molecule has 9 rings (SSSR count). The fraction of sp³-hybridized carbons (Fsp3) is 1.00. The molecule has 5 heterocycles. The van der Waals surface area contributed by atoms with Gasteiger partial charge in [0.25, 0.3) is 0 Å². The van der Waals surface area contributed by atoms with Gasteiger partial charge in [-0.1, -0.05) is 27.7 Å². The number of aliphatic hydroxyl groups is 10. The topological polar surface area (TPSA) is 276 Å². The predicted molar refractivity (Wildman–Crippen MR) is 216 cm³/mol. The highest BCUT2D eigenvalue weighted by Crippen LogP contribution is 2.71. The first-order valence-corrected chi connectivity index (χ1v) is 23.8. The summed E-state index contributed by atoms with van der Waals surface area (Å²) in [6.07, 6.45) is -17.1. The quantitative estimate of drug-likeness (QED) is 0.134. The van der Waals surface area contributed by atoms with E-state index in [0.717, 1.165) is 51.6 Å². The van der Waals surface area contributed by atoms with Gasteiger partial charge in [-0.05, 0) is 105 Å². The third-order valence-corrected chi connectivity index (χ3v) is 18.3. The predicted octanol–water partition coefficient (Wildman–Crippen LogP) is -0.735. The summed E-state index contributed by atoms with van der Waals surface area (Å²) in [5, 5.41) is 108. The number of fused-ring (bicyclic) bond motifs is 7. The van der Waals surface area contributed by atoms with Crippen LogP contribution in [0.5, 0.6) is 0 Å². The van der Waals surface area contributed by atoms with Gasteiger partial charge in [-0.3, -0.25) is 0 Å².